The van der Waals surface area contributed by atoms with Gasteiger partial charge in [0, 0.05) is 11.6 Å². The lowest BCUT2D eigenvalue weighted by Crippen LogP contribution is -2.31. The van der Waals surface area contributed by atoms with Crippen molar-refractivity contribution in [3.05, 3.63) is 0 Å². The molecule has 3 rings (SSSR count). The third-order valence-electron chi connectivity index (χ3n) is 7.00. The van der Waals surface area contributed by atoms with Crippen LogP contribution in [0.1, 0.15) is 96.8 Å². The van der Waals surface area contributed by atoms with Gasteiger partial charge in [0.05, 0.1) is 0 Å². The number of carbonyl (C=O) groups excluding carboxylic acids is 1. The highest BCUT2D eigenvalue weighted by Gasteiger charge is 2.29. The Bertz CT molecular complexity index is 425. The zero-order valence-electron chi connectivity index (χ0n) is 15.6. The van der Waals surface area contributed by atoms with Gasteiger partial charge in [0.15, 0.2) is 0 Å². The van der Waals surface area contributed by atoms with Gasteiger partial charge in [-0.15, -0.1) is 0 Å². The van der Waals surface area contributed by atoms with Crippen molar-refractivity contribution in [2.75, 3.05) is 0 Å². The van der Waals surface area contributed by atoms with Crippen molar-refractivity contribution in [3.63, 3.8) is 0 Å². The van der Waals surface area contributed by atoms with Crippen molar-refractivity contribution in [3.8, 4) is 0 Å². The van der Waals surface area contributed by atoms with Gasteiger partial charge >= 0.3 is 0 Å². The van der Waals surface area contributed by atoms with Crippen molar-refractivity contribution >= 4 is 11.6 Å². The third-order valence-corrected chi connectivity index (χ3v) is 7.00. The van der Waals surface area contributed by atoms with Crippen LogP contribution in [0, 0.1) is 23.7 Å². The maximum Gasteiger partial charge on any atom is 0.243 e. The summed E-state index contributed by atoms with van der Waals surface area (Å²) >= 11 is 0. The lowest BCUT2D eigenvalue weighted by molar-refractivity contribution is -0.125. The van der Waals surface area contributed by atoms with Crippen molar-refractivity contribution in [1.82, 2.24) is 5.43 Å². The number of nitrogens with zero attached hydrogens (tertiary/aromatic N) is 1. The number of hydrazone groups is 1. The van der Waals surface area contributed by atoms with Gasteiger partial charge in [0.25, 0.3) is 0 Å². The molecular formula is C21H36N2O. The maximum absolute atomic E-state index is 12.2. The van der Waals surface area contributed by atoms with E-state index in [9.17, 15) is 4.79 Å². The molecule has 1 N–H and O–H groups in total. The molecule has 0 aromatic heterocycles. The second-order valence-electron chi connectivity index (χ2n) is 8.57. The largest absolute Gasteiger partial charge is 0.273 e. The molecule has 1 amide bonds. The molecular weight excluding hydrogens is 296 g/mol. The Morgan fingerprint density at radius 1 is 0.708 bits per heavy atom. The van der Waals surface area contributed by atoms with E-state index in [0.29, 0.717) is 5.92 Å². The Balaban J connectivity index is 1.42. The summed E-state index contributed by atoms with van der Waals surface area (Å²) in [7, 11) is 0. The standard InChI is InChI=1S/C21H36N2O/c1-16(22-23-21(24)20-10-6-3-7-11-20)17-12-14-19(15-13-17)18-8-4-2-5-9-18/h17-20H,2-15H2,1H3,(H,23,24)/b22-16+. The average molecular weight is 333 g/mol. The normalized spacial score (nSPS) is 31.0. The van der Waals surface area contributed by atoms with E-state index in [1.807, 2.05) is 0 Å². The number of hydrogen-bond donors (Lipinski definition) is 1. The van der Waals surface area contributed by atoms with Gasteiger partial charge in [0.2, 0.25) is 5.91 Å². The minimum Gasteiger partial charge on any atom is -0.273 e. The fourth-order valence-corrected chi connectivity index (χ4v) is 5.30. The monoisotopic (exact) mass is 332 g/mol. The molecule has 0 saturated heterocycles. The number of amides is 1. The summed E-state index contributed by atoms with van der Waals surface area (Å²) in [6.45, 7) is 2.12. The van der Waals surface area contributed by atoms with Gasteiger partial charge in [-0.05, 0) is 63.2 Å². The van der Waals surface area contributed by atoms with Crippen LogP contribution in [-0.4, -0.2) is 11.6 Å². The molecule has 0 aromatic carbocycles. The van der Waals surface area contributed by atoms with Crippen LogP contribution in [0.5, 0.6) is 0 Å². The molecule has 0 heterocycles. The highest BCUT2D eigenvalue weighted by atomic mass is 16.2. The zero-order chi connectivity index (χ0) is 16.8. The number of carbonyl (C=O) groups is 1. The average Bonchev–Trinajstić information content (AvgIpc) is 2.67. The lowest BCUT2D eigenvalue weighted by Gasteiger charge is -2.35. The molecule has 3 nitrogen and oxygen atoms in total. The van der Waals surface area contributed by atoms with Crippen LogP contribution in [0.3, 0.4) is 0 Å². The molecule has 0 unspecified atom stereocenters. The second kappa shape index (κ2) is 9.01. The van der Waals surface area contributed by atoms with E-state index in [0.717, 1.165) is 30.4 Å². The third kappa shape index (κ3) is 4.83. The van der Waals surface area contributed by atoms with Crippen LogP contribution in [0.15, 0.2) is 5.10 Å². The maximum atomic E-state index is 12.2. The first-order valence-corrected chi connectivity index (χ1v) is 10.6. The molecule has 3 aliphatic rings. The first kappa shape index (κ1) is 17.9. The van der Waals surface area contributed by atoms with Crippen LogP contribution in [0.25, 0.3) is 0 Å². The fraction of sp³-hybridized carbons (Fsp3) is 0.905. The molecule has 24 heavy (non-hydrogen) atoms. The van der Waals surface area contributed by atoms with Crippen LogP contribution in [-0.2, 0) is 4.79 Å². The minimum absolute atomic E-state index is 0.157. The van der Waals surface area contributed by atoms with Gasteiger partial charge in [-0.25, -0.2) is 5.43 Å². The van der Waals surface area contributed by atoms with Crippen LogP contribution < -0.4 is 5.43 Å². The summed E-state index contributed by atoms with van der Waals surface area (Å²) in [6, 6.07) is 0. The van der Waals surface area contributed by atoms with E-state index in [2.05, 4.69) is 17.5 Å². The summed E-state index contributed by atoms with van der Waals surface area (Å²) in [5.74, 6) is 2.92. The lowest BCUT2D eigenvalue weighted by atomic mass is 9.70. The topological polar surface area (TPSA) is 41.5 Å². The highest BCUT2D eigenvalue weighted by Crippen LogP contribution is 2.40. The highest BCUT2D eigenvalue weighted by molar-refractivity contribution is 5.86. The van der Waals surface area contributed by atoms with Crippen LogP contribution >= 0.6 is 0 Å². The Labute approximate surface area is 148 Å². The zero-order valence-corrected chi connectivity index (χ0v) is 15.6. The summed E-state index contributed by atoms with van der Waals surface area (Å²) in [5, 5.41) is 4.48. The van der Waals surface area contributed by atoms with Gasteiger partial charge in [-0.3, -0.25) is 4.79 Å². The minimum atomic E-state index is 0.157. The van der Waals surface area contributed by atoms with Crippen LogP contribution in [0.4, 0.5) is 0 Å². The molecule has 0 atom stereocenters. The predicted molar refractivity (Wildman–Crippen MR) is 99.8 cm³/mol. The quantitative estimate of drug-likeness (QED) is 0.540. The molecule has 0 bridgehead atoms. The number of rotatable bonds is 4. The number of nitrogens with one attached hydrogen (secondary N) is 1. The SMILES string of the molecule is C/C(=N\NC(=O)C1CCCCC1)C1CCC(C2CCCCC2)CC1. The predicted octanol–water partition coefficient (Wildman–Crippen LogP) is 5.45. The van der Waals surface area contributed by atoms with E-state index in [1.165, 1.54) is 77.0 Å². The van der Waals surface area contributed by atoms with Gasteiger partial charge in [-0.2, -0.15) is 5.10 Å². The van der Waals surface area contributed by atoms with E-state index in [4.69, 9.17) is 0 Å². The smallest absolute Gasteiger partial charge is 0.243 e. The summed E-state index contributed by atoms with van der Waals surface area (Å²) in [4.78, 5) is 12.2. The van der Waals surface area contributed by atoms with Crippen molar-refractivity contribution in [2.24, 2.45) is 28.8 Å². The Morgan fingerprint density at radius 2 is 1.25 bits per heavy atom. The molecule has 0 aliphatic heterocycles. The van der Waals surface area contributed by atoms with Gasteiger partial charge in [-0.1, -0.05) is 51.4 Å². The molecule has 0 radical (unpaired) electrons. The van der Waals surface area contributed by atoms with Crippen molar-refractivity contribution in [2.45, 2.75) is 96.8 Å². The Kier molecular flexibility index (Phi) is 6.74. The summed E-state index contributed by atoms with van der Waals surface area (Å²) in [6.07, 6.45) is 18.4. The molecule has 3 heteroatoms. The molecule has 3 aliphatic carbocycles. The van der Waals surface area contributed by atoms with E-state index >= 15 is 0 Å². The summed E-state index contributed by atoms with van der Waals surface area (Å²) in [5.41, 5.74) is 4.03. The first-order chi connectivity index (χ1) is 11.7. The molecule has 136 valence electrons. The van der Waals surface area contributed by atoms with Crippen molar-refractivity contribution < 1.29 is 4.79 Å². The molecule has 3 fully saturated rings. The fourth-order valence-electron chi connectivity index (χ4n) is 5.30. The molecule has 3 saturated carbocycles. The summed E-state index contributed by atoms with van der Waals surface area (Å²) < 4.78 is 0. The Morgan fingerprint density at radius 3 is 1.88 bits per heavy atom. The Hall–Kier alpha value is -0.860. The van der Waals surface area contributed by atoms with E-state index in [1.54, 1.807) is 0 Å². The van der Waals surface area contributed by atoms with E-state index < -0.39 is 0 Å². The molecule has 0 aromatic rings. The number of hydrogen-bond acceptors (Lipinski definition) is 2. The van der Waals surface area contributed by atoms with Crippen molar-refractivity contribution in [1.29, 1.82) is 0 Å². The van der Waals surface area contributed by atoms with E-state index in [-0.39, 0.29) is 11.8 Å². The first-order valence-electron chi connectivity index (χ1n) is 10.6. The second-order valence-corrected chi connectivity index (χ2v) is 8.57. The molecule has 0 spiro atoms. The van der Waals surface area contributed by atoms with Gasteiger partial charge < -0.3 is 0 Å². The van der Waals surface area contributed by atoms with Gasteiger partial charge in [0.1, 0.15) is 0 Å². The van der Waals surface area contributed by atoms with Crippen LogP contribution in [0.2, 0.25) is 0 Å².